The van der Waals surface area contributed by atoms with Gasteiger partial charge in [0.05, 0.1) is 22.4 Å². The highest BCUT2D eigenvalue weighted by atomic mass is 15.2. The van der Waals surface area contributed by atoms with Gasteiger partial charge in [0.2, 0.25) is 5.95 Å². The van der Waals surface area contributed by atoms with Crippen LogP contribution in [0, 0.1) is 0 Å². The average molecular weight is 614 g/mol. The molecule has 10 rings (SSSR count). The zero-order valence-corrected chi connectivity index (χ0v) is 26.8. The largest absolute Gasteiger partial charge is 0.278 e. The van der Waals surface area contributed by atoms with Crippen LogP contribution in [-0.4, -0.2) is 14.5 Å². The van der Waals surface area contributed by atoms with Crippen LogP contribution in [0.1, 0.15) is 25.0 Å². The van der Waals surface area contributed by atoms with E-state index in [1.54, 1.807) is 0 Å². The SMILES string of the molecule is CC1(C)c2ccccc2-c2c3c1cccc3cc1c2c2cc3ccccc3cc2n1-c1nc(-c2ccccc2)cc(-c2ccccc2)n1. The third-order valence-corrected chi connectivity index (χ3v) is 10.4. The highest BCUT2D eigenvalue weighted by Gasteiger charge is 2.35. The number of hydrogen-bond donors (Lipinski definition) is 0. The van der Waals surface area contributed by atoms with Crippen molar-refractivity contribution < 1.29 is 0 Å². The lowest BCUT2D eigenvalue weighted by molar-refractivity contribution is 0.645. The Morgan fingerprint density at radius 2 is 1.04 bits per heavy atom. The molecular formula is C45H31N3. The van der Waals surface area contributed by atoms with Gasteiger partial charge in [0, 0.05) is 32.9 Å². The Kier molecular flexibility index (Phi) is 5.63. The first kappa shape index (κ1) is 27.1. The maximum absolute atomic E-state index is 5.34. The van der Waals surface area contributed by atoms with Crippen LogP contribution < -0.4 is 0 Å². The number of rotatable bonds is 3. The minimum atomic E-state index is -0.125. The molecule has 1 aliphatic carbocycles. The Hall–Kier alpha value is -6.06. The summed E-state index contributed by atoms with van der Waals surface area (Å²) in [7, 11) is 0. The quantitative estimate of drug-likeness (QED) is 0.198. The standard InChI is InChI=1S/C45H31N3/c1-45(2)35-22-12-11-21-33(35)43-41-32(20-13-23-36(41)45)26-40-42(43)34-24-30-18-9-10-19-31(30)25-39(34)48(40)44-46-37(28-14-5-3-6-15-28)27-38(47-44)29-16-7-4-8-17-29/h3-27H,1-2H3. The molecule has 0 saturated heterocycles. The van der Waals surface area contributed by atoms with Gasteiger partial charge in [-0.1, -0.05) is 141 Å². The van der Waals surface area contributed by atoms with E-state index in [-0.39, 0.29) is 5.41 Å². The summed E-state index contributed by atoms with van der Waals surface area (Å²) < 4.78 is 2.31. The van der Waals surface area contributed by atoms with Crippen molar-refractivity contribution in [2.75, 3.05) is 0 Å². The Labute approximate surface area is 278 Å². The van der Waals surface area contributed by atoms with E-state index in [4.69, 9.17) is 9.97 Å². The van der Waals surface area contributed by atoms with Gasteiger partial charge >= 0.3 is 0 Å². The molecule has 0 saturated carbocycles. The zero-order chi connectivity index (χ0) is 32.0. The summed E-state index contributed by atoms with van der Waals surface area (Å²) in [5.74, 6) is 0.664. The molecule has 0 atom stereocenters. The molecule has 0 unspecified atom stereocenters. The molecule has 2 heterocycles. The van der Waals surface area contributed by atoms with Crippen LogP contribution in [0.25, 0.3) is 82.9 Å². The number of benzene rings is 7. The first-order valence-corrected chi connectivity index (χ1v) is 16.6. The van der Waals surface area contributed by atoms with Crippen molar-refractivity contribution in [2.45, 2.75) is 19.3 Å². The van der Waals surface area contributed by atoms with E-state index in [0.717, 1.165) is 33.5 Å². The van der Waals surface area contributed by atoms with Crippen molar-refractivity contribution in [1.82, 2.24) is 14.5 Å². The van der Waals surface area contributed by atoms with Gasteiger partial charge in [-0.2, -0.15) is 0 Å². The van der Waals surface area contributed by atoms with Gasteiger partial charge in [-0.15, -0.1) is 0 Å². The summed E-state index contributed by atoms with van der Waals surface area (Å²) in [6.07, 6.45) is 0. The zero-order valence-electron chi connectivity index (χ0n) is 26.8. The van der Waals surface area contributed by atoms with Crippen molar-refractivity contribution in [3.8, 4) is 39.6 Å². The third-order valence-electron chi connectivity index (χ3n) is 10.4. The lowest BCUT2D eigenvalue weighted by Crippen LogP contribution is -2.23. The van der Waals surface area contributed by atoms with Gasteiger partial charge < -0.3 is 0 Å². The van der Waals surface area contributed by atoms with Crippen molar-refractivity contribution in [3.63, 3.8) is 0 Å². The maximum Gasteiger partial charge on any atom is 0.235 e. The number of fused-ring (bicyclic) bond motifs is 7. The van der Waals surface area contributed by atoms with Gasteiger partial charge in [-0.3, -0.25) is 4.57 Å². The Balaban J connectivity index is 1.41. The molecule has 0 N–H and O–H groups in total. The fourth-order valence-corrected chi connectivity index (χ4v) is 8.08. The molecule has 0 spiro atoms. The highest BCUT2D eigenvalue weighted by Crippen LogP contribution is 2.53. The molecule has 0 bridgehead atoms. The van der Waals surface area contributed by atoms with Crippen LogP contribution in [0.5, 0.6) is 0 Å². The predicted octanol–water partition coefficient (Wildman–Crippen LogP) is 11.5. The molecule has 48 heavy (non-hydrogen) atoms. The fourth-order valence-electron chi connectivity index (χ4n) is 8.08. The summed E-state index contributed by atoms with van der Waals surface area (Å²) in [4.78, 5) is 10.7. The molecule has 0 aliphatic heterocycles. The van der Waals surface area contributed by atoms with Gasteiger partial charge in [-0.25, -0.2) is 9.97 Å². The van der Waals surface area contributed by atoms with Crippen LogP contribution in [-0.2, 0) is 5.41 Å². The van der Waals surface area contributed by atoms with E-state index >= 15 is 0 Å². The minimum absolute atomic E-state index is 0.125. The molecule has 0 amide bonds. The molecule has 0 fully saturated rings. The minimum Gasteiger partial charge on any atom is -0.278 e. The molecule has 2 aromatic heterocycles. The third kappa shape index (κ3) is 3.82. The highest BCUT2D eigenvalue weighted by molar-refractivity contribution is 6.26. The summed E-state index contributed by atoms with van der Waals surface area (Å²) >= 11 is 0. The van der Waals surface area contributed by atoms with Crippen molar-refractivity contribution >= 4 is 43.4 Å². The van der Waals surface area contributed by atoms with Gasteiger partial charge in [0.1, 0.15) is 0 Å². The maximum atomic E-state index is 5.34. The van der Waals surface area contributed by atoms with Crippen molar-refractivity contribution in [1.29, 1.82) is 0 Å². The average Bonchev–Trinajstić information content (AvgIpc) is 3.45. The number of aromatic nitrogens is 3. The molecule has 1 aliphatic rings. The second-order valence-corrected chi connectivity index (χ2v) is 13.4. The molecular weight excluding hydrogens is 583 g/mol. The lowest BCUT2D eigenvalue weighted by Gasteiger charge is -2.35. The van der Waals surface area contributed by atoms with Crippen LogP contribution in [0.4, 0.5) is 0 Å². The Morgan fingerprint density at radius 3 is 1.75 bits per heavy atom. The van der Waals surface area contributed by atoms with E-state index in [1.165, 1.54) is 54.6 Å². The van der Waals surface area contributed by atoms with Gasteiger partial charge in [0.15, 0.2) is 0 Å². The van der Waals surface area contributed by atoms with Crippen LogP contribution >= 0.6 is 0 Å². The molecule has 0 radical (unpaired) electrons. The topological polar surface area (TPSA) is 30.7 Å². The summed E-state index contributed by atoms with van der Waals surface area (Å²) in [5, 5.41) is 7.43. The number of hydrogen-bond acceptors (Lipinski definition) is 2. The van der Waals surface area contributed by atoms with E-state index in [0.29, 0.717) is 5.95 Å². The van der Waals surface area contributed by atoms with Crippen molar-refractivity contribution in [2.24, 2.45) is 0 Å². The Morgan fingerprint density at radius 1 is 0.479 bits per heavy atom. The molecule has 7 aromatic carbocycles. The summed E-state index contributed by atoms with van der Waals surface area (Å²) in [6.45, 7) is 4.72. The first-order chi connectivity index (χ1) is 23.6. The van der Waals surface area contributed by atoms with E-state index in [2.05, 4.69) is 158 Å². The molecule has 226 valence electrons. The second kappa shape index (κ2) is 9.97. The van der Waals surface area contributed by atoms with Crippen LogP contribution in [0.3, 0.4) is 0 Å². The lowest BCUT2D eigenvalue weighted by atomic mass is 9.68. The fraction of sp³-hybridized carbons (Fsp3) is 0.0667. The predicted molar refractivity (Wildman–Crippen MR) is 200 cm³/mol. The van der Waals surface area contributed by atoms with Crippen LogP contribution in [0.2, 0.25) is 0 Å². The molecule has 3 heteroatoms. The van der Waals surface area contributed by atoms with Crippen molar-refractivity contribution in [3.05, 3.63) is 163 Å². The monoisotopic (exact) mass is 613 g/mol. The van der Waals surface area contributed by atoms with E-state index in [9.17, 15) is 0 Å². The van der Waals surface area contributed by atoms with E-state index in [1.807, 2.05) is 12.1 Å². The molecule has 3 nitrogen and oxygen atoms in total. The first-order valence-electron chi connectivity index (χ1n) is 16.6. The molecule has 9 aromatic rings. The van der Waals surface area contributed by atoms with E-state index < -0.39 is 0 Å². The normalized spacial score (nSPS) is 13.4. The summed E-state index contributed by atoms with van der Waals surface area (Å²) in [6, 6.07) is 54.5. The smallest absolute Gasteiger partial charge is 0.235 e. The number of nitrogens with zero attached hydrogens (tertiary/aromatic N) is 3. The van der Waals surface area contributed by atoms with Crippen LogP contribution in [0.15, 0.2) is 152 Å². The van der Waals surface area contributed by atoms with Gasteiger partial charge in [-0.05, 0) is 62.5 Å². The summed E-state index contributed by atoms with van der Waals surface area (Å²) in [5.41, 5.74) is 11.3. The Bertz CT molecular complexity index is 2680. The second-order valence-electron chi connectivity index (χ2n) is 13.4. The van der Waals surface area contributed by atoms with Gasteiger partial charge in [0.25, 0.3) is 0 Å².